The van der Waals surface area contributed by atoms with E-state index in [0.717, 1.165) is 60.4 Å². The number of ether oxygens (including phenoxy) is 1. The van der Waals surface area contributed by atoms with Crippen LogP contribution in [0, 0.1) is 5.41 Å². The number of nitrogens with one attached hydrogen (secondary N) is 1. The summed E-state index contributed by atoms with van der Waals surface area (Å²) in [7, 11) is 0. The number of carbonyl (C=O) groups excluding carboxylic acids is 2. The summed E-state index contributed by atoms with van der Waals surface area (Å²) in [5.41, 5.74) is 2.52. The van der Waals surface area contributed by atoms with Crippen molar-refractivity contribution >= 4 is 28.5 Å². The van der Waals surface area contributed by atoms with E-state index in [2.05, 4.69) is 21.2 Å². The van der Waals surface area contributed by atoms with Crippen molar-refractivity contribution in [2.45, 2.75) is 62.9 Å². The first-order chi connectivity index (χ1) is 17.6. The second kappa shape index (κ2) is 8.05. The normalized spacial score (nSPS) is 26.6. The average Bonchev–Trinajstić information content (AvgIpc) is 3.40. The van der Waals surface area contributed by atoms with Crippen molar-refractivity contribution in [3.8, 4) is 5.75 Å². The van der Waals surface area contributed by atoms with Crippen LogP contribution >= 0.6 is 0 Å². The van der Waals surface area contributed by atoms with Crippen LogP contribution in [0.5, 0.6) is 5.75 Å². The topological polar surface area (TPSA) is 91.4 Å². The number of aromatic amines is 1. The molecule has 2 saturated carbocycles. The summed E-state index contributed by atoms with van der Waals surface area (Å²) < 4.78 is 6.27. The molecule has 0 unspecified atom stereocenters. The lowest BCUT2D eigenvalue weighted by molar-refractivity contribution is -0.134. The van der Waals surface area contributed by atoms with Gasteiger partial charge in [0.1, 0.15) is 12.3 Å². The van der Waals surface area contributed by atoms with Crippen molar-refractivity contribution in [1.29, 1.82) is 0 Å². The summed E-state index contributed by atoms with van der Waals surface area (Å²) in [4.78, 5) is 35.4. The van der Waals surface area contributed by atoms with Crippen LogP contribution in [0.15, 0.2) is 42.7 Å². The molecule has 1 saturated heterocycles. The van der Waals surface area contributed by atoms with Crippen LogP contribution in [-0.4, -0.2) is 57.6 Å². The number of hydrogen-bond donors (Lipinski definition) is 1. The first-order valence-corrected chi connectivity index (χ1v) is 13.2. The largest absolute Gasteiger partial charge is 0.489 e. The number of aromatic nitrogens is 3. The Labute approximate surface area is 210 Å². The molecule has 4 aliphatic rings. The third kappa shape index (κ3) is 3.49. The molecule has 1 N–H and O–H groups in total. The number of rotatable bonds is 4. The monoisotopic (exact) mass is 485 g/mol. The molecule has 2 aliphatic carbocycles. The Morgan fingerprint density at radius 1 is 1.11 bits per heavy atom. The zero-order valence-corrected chi connectivity index (χ0v) is 20.4. The van der Waals surface area contributed by atoms with Crippen LogP contribution in [0.25, 0.3) is 11.0 Å². The molecule has 2 amide bonds. The molecule has 36 heavy (non-hydrogen) atoms. The first kappa shape index (κ1) is 21.8. The smallest absolute Gasteiger partial charge is 0.242 e. The van der Waals surface area contributed by atoms with Gasteiger partial charge in [-0.15, -0.1) is 0 Å². The minimum absolute atomic E-state index is 0.0282. The van der Waals surface area contributed by atoms with E-state index < -0.39 is 5.41 Å². The first-order valence-electron chi connectivity index (χ1n) is 13.2. The number of benzene rings is 1. The molecule has 3 aromatic rings. The Morgan fingerprint density at radius 3 is 2.78 bits per heavy atom. The molecule has 8 heteroatoms. The lowest BCUT2D eigenvalue weighted by atomic mass is 9.69. The summed E-state index contributed by atoms with van der Waals surface area (Å²) in [5, 5.41) is 7.80. The van der Waals surface area contributed by atoms with Crippen molar-refractivity contribution in [2.24, 2.45) is 5.41 Å². The molecular weight excluding hydrogens is 454 g/mol. The summed E-state index contributed by atoms with van der Waals surface area (Å²) in [6.07, 6.45) is 11.3. The predicted molar refractivity (Wildman–Crippen MR) is 135 cm³/mol. The second-order valence-corrected chi connectivity index (χ2v) is 11.2. The van der Waals surface area contributed by atoms with Crippen molar-refractivity contribution in [3.05, 3.63) is 48.3 Å². The van der Waals surface area contributed by atoms with E-state index in [0.29, 0.717) is 18.3 Å². The van der Waals surface area contributed by atoms with Crippen LogP contribution in [-0.2, 0) is 15.0 Å². The van der Waals surface area contributed by atoms with E-state index in [1.54, 1.807) is 17.3 Å². The van der Waals surface area contributed by atoms with E-state index in [4.69, 9.17) is 4.74 Å². The molecule has 4 heterocycles. The van der Waals surface area contributed by atoms with Gasteiger partial charge < -0.3 is 14.5 Å². The highest BCUT2D eigenvalue weighted by Crippen LogP contribution is 2.53. The lowest BCUT2D eigenvalue weighted by Crippen LogP contribution is -2.49. The lowest BCUT2D eigenvalue weighted by Gasteiger charge is -2.37. The minimum Gasteiger partial charge on any atom is -0.489 e. The van der Waals surface area contributed by atoms with E-state index in [-0.39, 0.29) is 24.5 Å². The molecule has 2 aromatic heterocycles. The minimum atomic E-state index is -0.566. The maximum atomic E-state index is 14.0. The van der Waals surface area contributed by atoms with Crippen molar-refractivity contribution in [1.82, 2.24) is 20.1 Å². The summed E-state index contributed by atoms with van der Waals surface area (Å²) in [6.45, 7) is 1.82. The Balaban J connectivity index is 1.07. The van der Waals surface area contributed by atoms with Crippen molar-refractivity contribution in [2.75, 3.05) is 24.5 Å². The summed E-state index contributed by atoms with van der Waals surface area (Å²) in [6, 6.07) is 10.0. The maximum Gasteiger partial charge on any atom is 0.242 e. The molecule has 0 radical (unpaired) electrons. The zero-order chi connectivity index (χ0) is 24.3. The van der Waals surface area contributed by atoms with Gasteiger partial charge in [0, 0.05) is 24.2 Å². The van der Waals surface area contributed by atoms with E-state index in [1.165, 1.54) is 19.3 Å². The highest BCUT2D eigenvalue weighted by molar-refractivity contribution is 6.10. The van der Waals surface area contributed by atoms with Gasteiger partial charge in [-0.25, -0.2) is 4.98 Å². The third-order valence-corrected chi connectivity index (χ3v) is 8.98. The van der Waals surface area contributed by atoms with Crippen LogP contribution in [0.4, 0.5) is 5.69 Å². The maximum absolute atomic E-state index is 14.0. The Morgan fingerprint density at radius 2 is 1.94 bits per heavy atom. The SMILES string of the molecule is O=C(CN1C(=O)C2(CCC(Oc3cnc4[nH]ncc4c3)CC2)c2ccccc21)N1CCCC2(CC2)C1. The quantitative estimate of drug-likeness (QED) is 0.604. The van der Waals surface area contributed by atoms with Gasteiger partial charge >= 0.3 is 0 Å². The van der Waals surface area contributed by atoms with E-state index >= 15 is 0 Å². The van der Waals surface area contributed by atoms with Gasteiger partial charge in [-0.3, -0.25) is 14.7 Å². The highest BCUT2D eigenvalue weighted by Gasteiger charge is 2.53. The van der Waals surface area contributed by atoms with Crippen molar-refractivity contribution in [3.63, 3.8) is 0 Å². The highest BCUT2D eigenvalue weighted by atomic mass is 16.5. The van der Waals surface area contributed by atoms with Crippen molar-refractivity contribution < 1.29 is 14.3 Å². The number of H-pyrrole nitrogens is 1. The number of para-hydroxylation sites is 1. The average molecular weight is 486 g/mol. The molecule has 3 fully saturated rings. The number of piperidine rings is 1. The van der Waals surface area contributed by atoms with Crippen LogP contribution in [0.2, 0.25) is 0 Å². The van der Waals surface area contributed by atoms with Gasteiger partial charge in [0.15, 0.2) is 5.65 Å². The number of anilines is 1. The molecule has 8 nitrogen and oxygen atoms in total. The molecular formula is C28H31N5O3. The number of carbonyl (C=O) groups is 2. The van der Waals surface area contributed by atoms with Crippen LogP contribution in [0.1, 0.15) is 56.9 Å². The second-order valence-electron chi connectivity index (χ2n) is 11.2. The molecule has 0 atom stereocenters. The summed E-state index contributed by atoms with van der Waals surface area (Å²) in [5.74, 6) is 0.889. The molecule has 2 aliphatic heterocycles. The number of likely N-dealkylation sites (tertiary alicyclic amines) is 1. The number of nitrogens with zero attached hydrogens (tertiary/aromatic N) is 4. The Bertz CT molecular complexity index is 1340. The van der Waals surface area contributed by atoms with Gasteiger partial charge in [0.05, 0.1) is 23.9 Å². The fraction of sp³-hybridized carbons (Fsp3) is 0.500. The molecule has 2 spiro atoms. The summed E-state index contributed by atoms with van der Waals surface area (Å²) >= 11 is 0. The van der Waals surface area contributed by atoms with E-state index in [9.17, 15) is 9.59 Å². The Kier molecular flexibility index (Phi) is 4.88. The van der Waals surface area contributed by atoms with Crippen LogP contribution in [0.3, 0.4) is 0 Å². The fourth-order valence-corrected chi connectivity index (χ4v) is 6.75. The van der Waals surface area contributed by atoms with Crippen LogP contribution < -0.4 is 9.64 Å². The Hall–Kier alpha value is -3.42. The number of pyridine rings is 1. The van der Waals surface area contributed by atoms with Gasteiger partial charge in [-0.2, -0.15) is 5.10 Å². The number of amides is 2. The fourth-order valence-electron chi connectivity index (χ4n) is 6.75. The zero-order valence-electron chi connectivity index (χ0n) is 20.4. The van der Waals surface area contributed by atoms with Gasteiger partial charge in [-0.1, -0.05) is 18.2 Å². The van der Waals surface area contributed by atoms with Gasteiger partial charge in [-0.05, 0) is 74.5 Å². The van der Waals surface area contributed by atoms with Gasteiger partial charge in [0.2, 0.25) is 11.8 Å². The van der Waals surface area contributed by atoms with Gasteiger partial charge in [0.25, 0.3) is 0 Å². The number of fused-ring (bicyclic) bond motifs is 3. The molecule has 0 bridgehead atoms. The molecule has 1 aromatic carbocycles. The molecule has 186 valence electrons. The molecule has 7 rings (SSSR count). The van der Waals surface area contributed by atoms with E-state index in [1.807, 2.05) is 29.2 Å². The standard InChI is InChI=1S/C28H31N5O3/c34-24(32-13-3-8-27(18-32)11-12-27)17-33-23-5-2-1-4-22(23)28(26(33)35)9-6-20(7-10-28)36-21-14-19-15-30-31-25(19)29-16-21/h1-2,4-5,14-16,20H,3,6-13,17-18H2,(H,29,30,31). The third-order valence-electron chi connectivity index (χ3n) is 8.98. The predicted octanol–water partition coefficient (Wildman–Crippen LogP) is 3.97. The number of hydrogen-bond acceptors (Lipinski definition) is 5.